The standard InChI is InChI=1S/C28H28F3NO5/c29-28(30,31)19-3-1-2-17(12-19)15-36-27-9-8-21(34)25-26(27)10-11-32(35,14-16-4-5-16)22(27)13-18-6-7-20(33)24(37-25)23(18)26/h1-3,6-7,12,16,22,25,33H,4-5,8-11,13-15H2/t22-,25+,26+,27?,32+/m1/s1. The minimum Gasteiger partial charge on any atom is -0.632 e. The average Bonchev–Trinajstić information content (AvgIpc) is 3.59. The smallest absolute Gasteiger partial charge is 0.416 e. The SMILES string of the molecule is O=C1CCC2(OCc3cccc(C(F)(F)F)c3)[C@H]3Cc4ccc(O)c5c4[C@@]2(CC[N@+]3([O-])CC2CC2)[C@H]1O5. The molecular weight excluding hydrogens is 487 g/mol. The Kier molecular flexibility index (Phi) is 4.75. The van der Waals surface area contributed by atoms with Crippen LogP contribution in [-0.2, 0) is 34.2 Å². The number of Topliss-reactive ketones (excluding diaryl/α,β-unsaturated/α-hetero) is 1. The number of carbonyl (C=O) groups is 1. The molecule has 2 aromatic carbocycles. The van der Waals surface area contributed by atoms with Crippen molar-refractivity contribution in [2.45, 2.75) is 74.5 Å². The maximum absolute atomic E-state index is 14.6. The quantitative estimate of drug-likeness (QED) is 0.458. The fourth-order valence-corrected chi connectivity index (χ4v) is 7.85. The third kappa shape index (κ3) is 3.14. The first-order valence-electron chi connectivity index (χ1n) is 13.0. The van der Waals surface area contributed by atoms with Crippen molar-refractivity contribution >= 4 is 5.78 Å². The minimum atomic E-state index is -4.48. The molecule has 0 amide bonds. The molecule has 196 valence electrons. The second-order valence-electron chi connectivity index (χ2n) is 11.5. The van der Waals surface area contributed by atoms with Gasteiger partial charge in [0.1, 0.15) is 11.6 Å². The summed E-state index contributed by atoms with van der Waals surface area (Å²) in [5, 5.41) is 25.3. The van der Waals surface area contributed by atoms with Crippen LogP contribution in [0.3, 0.4) is 0 Å². The van der Waals surface area contributed by atoms with Crippen molar-refractivity contribution in [1.29, 1.82) is 0 Å². The molecule has 1 spiro atoms. The van der Waals surface area contributed by atoms with E-state index in [2.05, 4.69) is 0 Å². The monoisotopic (exact) mass is 515 g/mol. The van der Waals surface area contributed by atoms with Crippen LogP contribution < -0.4 is 4.74 Å². The van der Waals surface area contributed by atoms with Crippen LogP contribution in [0.15, 0.2) is 36.4 Å². The molecule has 37 heavy (non-hydrogen) atoms. The molecule has 2 heterocycles. The van der Waals surface area contributed by atoms with Gasteiger partial charge in [-0.3, -0.25) is 4.79 Å². The number of benzene rings is 2. The molecule has 9 heteroatoms. The lowest BCUT2D eigenvalue weighted by Gasteiger charge is -2.68. The number of ketones is 1. The molecule has 0 radical (unpaired) electrons. The molecule has 3 aliphatic carbocycles. The van der Waals surface area contributed by atoms with Crippen molar-refractivity contribution < 1.29 is 37.2 Å². The van der Waals surface area contributed by atoms with Gasteiger partial charge in [-0.1, -0.05) is 18.2 Å². The van der Waals surface area contributed by atoms with E-state index in [0.29, 0.717) is 43.8 Å². The normalized spacial score (nSPS) is 35.7. The molecular formula is C28H28F3NO5. The summed E-state index contributed by atoms with van der Waals surface area (Å²) in [5.74, 6) is 0.515. The van der Waals surface area contributed by atoms with Gasteiger partial charge < -0.3 is 24.4 Å². The van der Waals surface area contributed by atoms with Crippen LogP contribution in [0.25, 0.3) is 0 Å². The first-order chi connectivity index (χ1) is 17.6. The summed E-state index contributed by atoms with van der Waals surface area (Å²) in [4.78, 5) is 13.3. The number of hydrogen-bond donors (Lipinski definition) is 1. The number of hydrogen-bond acceptors (Lipinski definition) is 5. The lowest BCUT2D eigenvalue weighted by atomic mass is 9.48. The topological polar surface area (TPSA) is 78.8 Å². The number of alkyl halides is 3. The molecule has 2 aliphatic heterocycles. The Morgan fingerprint density at radius 2 is 2.00 bits per heavy atom. The Labute approximate surface area is 212 Å². The second kappa shape index (κ2) is 7.48. The molecule has 0 aromatic heterocycles. The Morgan fingerprint density at radius 3 is 2.76 bits per heavy atom. The molecule has 5 atom stereocenters. The van der Waals surface area contributed by atoms with E-state index in [1.165, 1.54) is 6.07 Å². The number of rotatable bonds is 5. The van der Waals surface area contributed by atoms with Crippen molar-refractivity contribution in [3.63, 3.8) is 0 Å². The fourth-order valence-electron chi connectivity index (χ4n) is 7.85. The summed E-state index contributed by atoms with van der Waals surface area (Å²) in [6, 6.07) is 7.91. The van der Waals surface area contributed by atoms with Crippen LogP contribution in [0.2, 0.25) is 0 Å². The van der Waals surface area contributed by atoms with Crippen molar-refractivity contribution in [3.8, 4) is 11.5 Å². The van der Waals surface area contributed by atoms with Gasteiger partial charge in [-0.25, -0.2) is 0 Å². The number of piperidine rings is 1. The fraction of sp³-hybridized carbons (Fsp3) is 0.536. The Balaban J connectivity index is 1.37. The number of phenolic OH excluding ortho intramolecular Hbond substituents is 1. The molecule has 3 fully saturated rings. The Morgan fingerprint density at radius 1 is 1.19 bits per heavy atom. The third-order valence-corrected chi connectivity index (χ3v) is 9.56. The van der Waals surface area contributed by atoms with E-state index in [4.69, 9.17) is 9.47 Å². The van der Waals surface area contributed by atoms with Gasteiger partial charge in [0.15, 0.2) is 23.4 Å². The second-order valence-corrected chi connectivity index (χ2v) is 11.5. The summed E-state index contributed by atoms with van der Waals surface area (Å²) in [5.41, 5.74) is -0.800. The number of phenols is 1. The number of nitrogens with zero attached hydrogens (tertiary/aromatic N) is 1. The van der Waals surface area contributed by atoms with Gasteiger partial charge >= 0.3 is 6.18 Å². The molecule has 1 unspecified atom stereocenters. The summed E-state index contributed by atoms with van der Waals surface area (Å²) < 4.78 is 52.7. The number of hydroxylamine groups is 3. The molecule has 6 nitrogen and oxygen atoms in total. The van der Waals surface area contributed by atoms with Crippen molar-refractivity contribution in [1.82, 2.24) is 0 Å². The lowest BCUT2D eigenvalue weighted by molar-refractivity contribution is -0.924. The van der Waals surface area contributed by atoms with Crippen LogP contribution in [0.5, 0.6) is 11.5 Å². The molecule has 2 bridgehead atoms. The Hall–Kier alpha value is -2.62. The first kappa shape index (κ1) is 23.5. The zero-order valence-corrected chi connectivity index (χ0v) is 20.2. The highest BCUT2D eigenvalue weighted by atomic mass is 19.4. The van der Waals surface area contributed by atoms with Gasteiger partial charge in [-0.05, 0) is 48.6 Å². The van der Waals surface area contributed by atoms with Crippen LogP contribution in [0.4, 0.5) is 13.2 Å². The number of likely N-dealkylation sites (tertiary alicyclic amines) is 1. The summed E-state index contributed by atoms with van der Waals surface area (Å²) in [6.07, 6.45) is -2.09. The van der Waals surface area contributed by atoms with E-state index in [-0.39, 0.29) is 30.3 Å². The molecule has 2 saturated carbocycles. The predicted octanol–water partition coefficient (Wildman–Crippen LogP) is 4.78. The molecule has 2 aromatic rings. The van der Waals surface area contributed by atoms with Crippen LogP contribution in [-0.4, -0.2) is 46.4 Å². The van der Waals surface area contributed by atoms with Crippen molar-refractivity contribution in [2.75, 3.05) is 13.1 Å². The van der Waals surface area contributed by atoms with Gasteiger partial charge in [-0.15, -0.1) is 0 Å². The van der Waals surface area contributed by atoms with Gasteiger partial charge in [-0.2, -0.15) is 13.2 Å². The molecule has 5 aliphatic rings. The van der Waals surface area contributed by atoms with Crippen LogP contribution in [0.1, 0.15) is 54.4 Å². The molecule has 1 N–H and O–H groups in total. The van der Waals surface area contributed by atoms with Crippen molar-refractivity contribution in [3.05, 3.63) is 63.9 Å². The van der Waals surface area contributed by atoms with E-state index in [9.17, 15) is 28.3 Å². The molecule has 7 rings (SSSR count). The molecule has 1 saturated heterocycles. The minimum absolute atomic E-state index is 0.0491. The number of carbonyl (C=O) groups excluding carboxylic acids is 1. The van der Waals surface area contributed by atoms with Gasteiger partial charge in [0.2, 0.25) is 0 Å². The highest BCUT2D eigenvalue weighted by Crippen LogP contribution is 2.67. The van der Waals surface area contributed by atoms with E-state index in [1.54, 1.807) is 12.1 Å². The first-order valence-corrected chi connectivity index (χ1v) is 13.0. The van der Waals surface area contributed by atoms with Crippen LogP contribution in [0, 0.1) is 11.1 Å². The highest BCUT2D eigenvalue weighted by molar-refractivity contribution is 5.90. The zero-order chi connectivity index (χ0) is 25.8. The largest absolute Gasteiger partial charge is 0.632 e. The van der Waals surface area contributed by atoms with E-state index in [1.807, 2.05) is 6.07 Å². The lowest BCUT2D eigenvalue weighted by Crippen LogP contribution is -2.81. The van der Waals surface area contributed by atoms with Crippen LogP contribution >= 0.6 is 0 Å². The maximum Gasteiger partial charge on any atom is 0.416 e. The summed E-state index contributed by atoms with van der Waals surface area (Å²) in [7, 11) is 0. The van der Waals surface area contributed by atoms with E-state index in [0.717, 1.165) is 36.1 Å². The number of halogens is 3. The third-order valence-electron chi connectivity index (χ3n) is 9.56. The van der Waals surface area contributed by atoms with Gasteiger partial charge in [0, 0.05) is 30.7 Å². The summed E-state index contributed by atoms with van der Waals surface area (Å²) >= 11 is 0. The van der Waals surface area contributed by atoms with E-state index < -0.39 is 39.5 Å². The predicted molar refractivity (Wildman–Crippen MR) is 126 cm³/mol. The number of quaternary nitrogens is 1. The maximum atomic E-state index is 14.6. The Bertz CT molecular complexity index is 1310. The number of aromatic hydroxyl groups is 1. The zero-order valence-electron chi connectivity index (χ0n) is 20.2. The van der Waals surface area contributed by atoms with Gasteiger partial charge in [0.05, 0.1) is 30.7 Å². The van der Waals surface area contributed by atoms with Crippen molar-refractivity contribution in [2.24, 2.45) is 5.92 Å². The van der Waals surface area contributed by atoms with Gasteiger partial charge in [0.25, 0.3) is 0 Å². The number of ether oxygens (including phenoxy) is 2. The average molecular weight is 516 g/mol. The summed E-state index contributed by atoms with van der Waals surface area (Å²) in [6.45, 7) is 0.683. The van der Waals surface area contributed by atoms with E-state index >= 15 is 0 Å². The highest BCUT2D eigenvalue weighted by Gasteiger charge is 2.77.